The SMILES string of the molecule is CC(=O)Nc1cccc(Oc2nc(-c3cccnc3)nc3ccccc23)c1. The largest absolute Gasteiger partial charge is 0.438 e. The quantitative estimate of drug-likeness (QED) is 0.585. The molecule has 0 aliphatic rings. The van der Waals surface area contributed by atoms with Crippen molar-refractivity contribution in [2.24, 2.45) is 0 Å². The molecule has 6 nitrogen and oxygen atoms in total. The maximum atomic E-state index is 11.3. The number of anilines is 1. The molecule has 0 spiro atoms. The summed E-state index contributed by atoms with van der Waals surface area (Å²) in [4.78, 5) is 24.6. The van der Waals surface area contributed by atoms with E-state index in [1.807, 2.05) is 48.5 Å². The lowest BCUT2D eigenvalue weighted by molar-refractivity contribution is -0.114. The van der Waals surface area contributed by atoms with Crippen molar-refractivity contribution in [3.8, 4) is 23.0 Å². The number of hydrogen-bond donors (Lipinski definition) is 1. The van der Waals surface area contributed by atoms with Gasteiger partial charge in [-0.15, -0.1) is 0 Å². The van der Waals surface area contributed by atoms with Gasteiger partial charge in [-0.1, -0.05) is 18.2 Å². The third-order valence-electron chi connectivity index (χ3n) is 3.86. The maximum absolute atomic E-state index is 11.3. The van der Waals surface area contributed by atoms with Crippen LogP contribution in [-0.4, -0.2) is 20.9 Å². The Morgan fingerprint density at radius 3 is 2.70 bits per heavy atom. The first-order chi connectivity index (χ1) is 13.2. The smallest absolute Gasteiger partial charge is 0.230 e. The molecule has 2 aromatic heterocycles. The van der Waals surface area contributed by atoms with Crippen molar-refractivity contribution in [1.29, 1.82) is 0 Å². The molecule has 0 aliphatic carbocycles. The van der Waals surface area contributed by atoms with Crippen molar-refractivity contribution in [3.05, 3.63) is 73.1 Å². The van der Waals surface area contributed by atoms with E-state index in [1.54, 1.807) is 24.5 Å². The van der Waals surface area contributed by atoms with Gasteiger partial charge in [0.05, 0.1) is 10.9 Å². The number of amides is 1. The third kappa shape index (κ3) is 3.74. The molecule has 2 aromatic carbocycles. The van der Waals surface area contributed by atoms with Crippen molar-refractivity contribution < 1.29 is 9.53 Å². The van der Waals surface area contributed by atoms with Crippen LogP contribution in [0, 0.1) is 0 Å². The summed E-state index contributed by atoms with van der Waals surface area (Å²) in [6, 6.07) is 18.6. The Labute approximate surface area is 155 Å². The molecule has 4 rings (SSSR count). The first kappa shape index (κ1) is 16.7. The second-order valence-corrected chi connectivity index (χ2v) is 5.92. The van der Waals surface area contributed by atoms with E-state index in [0.29, 0.717) is 23.1 Å². The van der Waals surface area contributed by atoms with Crippen LogP contribution in [0.3, 0.4) is 0 Å². The van der Waals surface area contributed by atoms with E-state index in [4.69, 9.17) is 4.74 Å². The summed E-state index contributed by atoms with van der Waals surface area (Å²) in [5.41, 5.74) is 2.24. The summed E-state index contributed by atoms with van der Waals surface area (Å²) in [6.45, 7) is 1.46. The van der Waals surface area contributed by atoms with Crippen LogP contribution < -0.4 is 10.1 Å². The Morgan fingerprint density at radius 1 is 1.00 bits per heavy atom. The summed E-state index contributed by atoms with van der Waals surface area (Å²) in [5.74, 6) is 1.41. The summed E-state index contributed by atoms with van der Waals surface area (Å²) < 4.78 is 6.05. The summed E-state index contributed by atoms with van der Waals surface area (Å²) in [7, 11) is 0. The minimum absolute atomic E-state index is 0.140. The van der Waals surface area contributed by atoms with Crippen LogP contribution >= 0.6 is 0 Å². The van der Waals surface area contributed by atoms with Gasteiger partial charge in [0.15, 0.2) is 5.82 Å². The molecule has 0 fully saturated rings. The summed E-state index contributed by atoms with van der Waals surface area (Å²) in [6.07, 6.45) is 3.42. The van der Waals surface area contributed by atoms with Crippen LogP contribution in [0.4, 0.5) is 5.69 Å². The van der Waals surface area contributed by atoms with Crippen LogP contribution in [0.15, 0.2) is 73.1 Å². The number of carbonyl (C=O) groups is 1. The van der Waals surface area contributed by atoms with E-state index in [0.717, 1.165) is 16.5 Å². The van der Waals surface area contributed by atoms with Gasteiger partial charge in [0.25, 0.3) is 0 Å². The number of rotatable bonds is 4. The Morgan fingerprint density at radius 2 is 1.89 bits per heavy atom. The van der Waals surface area contributed by atoms with Crippen molar-refractivity contribution >= 4 is 22.5 Å². The summed E-state index contributed by atoms with van der Waals surface area (Å²) >= 11 is 0. The lowest BCUT2D eigenvalue weighted by Crippen LogP contribution is -2.05. The lowest BCUT2D eigenvalue weighted by atomic mass is 10.2. The number of pyridine rings is 1. The van der Waals surface area contributed by atoms with Gasteiger partial charge in [0.2, 0.25) is 11.8 Å². The highest BCUT2D eigenvalue weighted by Crippen LogP contribution is 2.30. The topological polar surface area (TPSA) is 77.0 Å². The molecule has 0 radical (unpaired) electrons. The molecule has 2 heterocycles. The fourth-order valence-corrected chi connectivity index (χ4v) is 2.70. The second kappa shape index (κ2) is 7.21. The van der Waals surface area contributed by atoms with E-state index < -0.39 is 0 Å². The number of carbonyl (C=O) groups excluding carboxylic acids is 1. The van der Waals surface area contributed by atoms with E-state index in [-0.39, 0.29) is 5.91 Å². The highest BCUT2D eigenvalue weighted by Gasteiger charge is 2.11. The van der Waals surface area contributed by atoms with Gasteiger partial charge >= 0.3 is 0 Å². The van der Waals surface area contributed by atoms with Crippen molar-refractivity contribution in [3.63, 3.8) is 0 Å². The minimum Gasteiger partial charge on any atom is -0.438 e. The van der Waals surface area contributed by atoms with Crippen LogP contribution in [0.25, 0.3) is 22.3 Å². The number of nitrogens with zero attached hydrogens (tertiary/aromatic N) is 3. The highest BCUT2D eigenvalue weighted by atomic mass is 16.5. The van der Waals surface area contributed by atoms with Crippen molar-refractivity contribution in [2.45, 2.75) is 6.92 Å². The Kier molecular flexibility index (Phi) is 4.45. The van der Waals surface area contributed by atoms with Gasteiger partial charge in [-0.3, -0.25) is 9.78 Å². The normalized spacial score (nSPS) is 10.6. The Balaban J connectivity index is 1.78. The Bertz CT molecular complexity index is 1110. The molecule has 132 valence electrons. The molecule has 0 saturated heterocycles. The molecule has 0 unspecified atom stereocenters. The first-order valence-electron chi connectivity index (χ1n) is 8.42. The zero-order valence-corrected chi connectivity index (χ0v) is 14.6. The molecule has 0 saturated carbocycles. The fourth-order valence-electron chi connectivity index (χ4n) is 2.70. The van der Waals surface area contributed by atoms with Crippen LogP contribution in [0.1, 0.15) is 6.92 Å². The van der Waals surface area contributed by atoms with Gasteiger partial charge in [0, 0.05) is 36.6 Å². The molecule has 6 heteroatoms. The number of hydrogen-bond acceptors (Lipinski definition) is 5. The van der Waals surface area contributed by atoms with Gasteiger partial charge in [-0.2, -0.15) is 4.98 Å². The van der Waals surface area contributed by atoms with Gasteiger partial charge in [-0.25, -0.2) is 4.98 Å². The Hall–Kier alpha value is -3.80. The monoisotopic (exact) mass is 356 g/mol. The fraction of sp³-hybridized carbons (Fsp3) is 0.0476. The predicted molar refractivity (Wildman–Crippen MR) is 104 cm³/mol. The molecule has 0 aliphatic heterocycles. The van der Waals surface area contributed by atoms with E-state index >= 15 is 0 Å². The summed E-state index contributed by atoms with van der Waals surface area (Å²) in [5, 5.41) is 3.55. The number of aromatic nitrogens is 3. The number of nitrogens with one attached hydrogen (secondary N) is 1. The van der Waals surface area contributed by atoms with E-state index in [1.165, 1.54) is 6.92 Å². The average molecular weight is 356 g/mol. The number of benzene rings is 2. The molecule has 27 heavy (non-hydrogen) atoms. The lowest BCUT2D eigenvalue weighted by Gasteiger charge is -2.11. The van der Waals surface area contributed by atoms with Gasteiger partial charge in [0.1, 0.15) is 5.75 Å². The molecular formula is C21H16N4O2. The van der Waals surface area contributed by atoms with Crippen molar-refractivity contribution in [1.82, 2.24) is 15.0 Å². The zero-order chi connectivity index (χ0) is 18.6. The van der Waals surface area contributed by atoms with Crippen molar-refractivity contribution in [2.75, 3.05) is 5.32 Å². The number of fused-ring (bicyclic) bond motifs is 1. The number of para-hydroxylation sites is 1. The molecular weight excluding hydrogens is 340 g/mol. The van der Waals surface area contributed by atoms with Crippen LogP contribution in [-0.2, 0) is 4.79 Å². The zero-order valence-electron chi connectivity index (χ0n) is 14.6. The molecule has 1 amide bonds. The molecule has 0 bridgehead atoms. The molecule has 4 aromatic rings. The third-order valence-corrected chi connectivity index (χ3v) is 3.86. The minimum atomic E-state index is -0.140. The maximum Gasteiger partial charge on any atom is 0.230 e. The second-order valence-electron chi connectivity index (χ2n) is 5.92. The predicted octanol–water partition coefficient (Wildman–Crippen LogP) is 4.44. The van der Waals surface area contributed by atoms with Gasteiger partial charge < -0.3 is 10.1 Å². The number of ether oxygens (including phenoxy) is 1. The average Bonchev–Trinajstić information content (AvgIpc) is 2.68. The van der Waals surface area contributed by atoms with Crippen LogP contribution in [0.5, 0.6) is 11.6 Å². The first-order valence-corrected chi connectivity index (χ1v) is 8.42. The van der Waals surface area contributed by atoms with E-state index in [2.05, 4.69) is 20.3 Å². The van der Waals surface area contributed by atoms with Gasteiger partial charge in [-0.05, 0) is 36.4 Å². The molecule has 1 N–H and O–H groups in total. The van der Waals surface area contributed by atoms with Crippen LogP contribution in [0.2, 0.25) is 0 Å². The highest BCUT2D eigenvalue weighted by molar-refractivity contribution is 5.89. The molecule has 0 atom stereocenters. The van der Waals surface area contributed by atoms with E-state index in [9.17, 15) is 4.79 Å². The standard InChI is InChI=1S/C21H16N4O2/c1-14(26)23-16-7-4-8-17(12-16)27-21-18-9-2-3-10-19(18)24-20(25-21)15-6-5-11-22-13-15/h2-13H,1H3,(H,23,26).